The molecule has 0 radical (unpaired) electrons. The van der Waals surface area contributed by atoms with Crippen molar-refractivity contribution in [3.05, 3.63) is 17.0 Å². The molecule has 1 fully saturated rings. The van der Waals surface area contributed by atoms with Gasteiger partial charge in [-0.3, -0.25) is 9.67 Å². The maximum absolute atomic E-state index is 12.4. The van der Waals surface area contributed by atoms with E-state index in [1.54, 1.807) is 0 Å². The summed E-state index contributed by atoms with van der Waals surface area (Å²) in [6.07, 6.45) is 1.85. The van der Waals surface area contributed by atoms with Gasteiger partial charge in [0.1, 0.15) is 5.60 Å². The van der Waals surface area contributed by atoms with Gasteiger partial charge in [0.25, 0.3) is 0 Å². The van der Waals surface area contributed by atoms with Crippen molar-refractivity contribution in [2.24, 2.45) is 18.0 Å². The highest BCUT2D eigenvalue weighted by Crippen LogP contribution is 2.20. The summed E-state index contributed by atoms with van der Waals surface area (Å²) in [4.78, 5) is 21.0. The van der Waals surface area contributed by atoms with E-state index in [0.717, 1.165) is 50.7 Å². The predicted molar refractivity (Wildman–Crippen MR) is 136 cm³/mol. The fourth-order valence-electron chi connectivity index (χ4n) is 3.87. The van der Waals surface area contributed by atoms with E-state index in [2.05, 4.69) is 27.2 Å². The smallest absolute Gasteiger partial charge is 0.410 e. The van der Waals surface area contributed by atoms with Crippen LogP contribution in [0.5, 0.6) is 0 Å². The van der Waals surface area contributed by atoms with Gasteiger partial charge in [-0.25, -0.2) is 4.79 Å². The van der Waals surface area contributed by atoms with Crippen LogP contribution < -0.4 is 5.32 Å². The molecule has 1 aliphatic heterocycles. The second-order valence-electron chi connectivity index (χ2n) is 9.12. The van der Waals surface area contributed by atoms with Gasteiger partial charge < -0.3 is 19.9 Å². The number of hydrogen-bond donors (Lipinski definition) is 1. The van der Waals surface area contributed by atoms with Crippen molar-refractivity contribution in [1.82, 2.24) is 24.9 Å². The molecule has 8 nitrogen and oxygen atoms in total. The number of likely N-dealkylation sites (tertiary alicyclic amines) is 1. The number of hydrogen-bond acceptors (Lipinski definition) is 4. The summed E-state index contributed by atoms with van der Waals surface area (Å²) in [6.45, 7) is 15.9. The van der Waals surface area contributed by atoms with Gasteiger partial charge in [-0.15, -0.1) is 24.0 Å². The van der Waals surface area contributed by atoms with Crippen LogP contribution in [0.4, 0.5) is 4.79 Å². The first-order valence-corrected chi connectivity index (χ1v) is 11.0. The number of carbonyl (C=O) groups excluding carboxylic acids is 1. The predicted octanol–water partition coefficient (Wildman–Crippen LogP) is 3.70. The third kappa shape index (κ3) is 7.84. The number of aromatic nitrogens is 2. The second kappa shape index (κ2) is 11.9. The lowest BCUT2D eigenvalue weighted by Crippen LogP contribution is -2.47. The first-order chi connectivity index (χ1) is 14.1. The normalized spacial score (nSPS) is 15.5. The standard InChI is InChI=1S/C22H40N6O2.HI/c1-9-27(21(29)30-22(4,5)6)15-18-10-12-28(13-11-18)20(23-7)24-14-19-16(2)25-26(8)17(19)3;/h18H,9-15H2,1-8H3,(H,23,24);1H. The Balaban J connectivity index is 0.00000480. The zero-order valence-electron chi connectivity index (χ0n) is 20.5. The fourth-order valence-corrected chi connectivity index (χ4v) is 3.87. The van der Waals surface area contributed by atoms with Crippen LogP contribution in [0.2, 0.25) is 0 Å². The van der Waals surface area contributed by atoms with Gasteiger partial charge in [0.05, 0.1) is 5.69 Å². The molecule has 1 aromatic heterocycles. The summed E-state index contributed by atoms with van der Waals surface area (Å²) in [5, 5.41) is 7.99. The molecule has 0 saturated carbocycles. The Morgan fingerprint density at radius 3 is 2.35 bits per heavy atom. The van der Waals surface area contributed by atoms with Crippen LogP contribution in [0.15, 0.2) is 4.99 Å². The van der Waals surface area contributed by atoms with E-state index in [4.69, 9.17) is 4.74 Å². The first kappa shape index (κ1) is 27.5. The van der Waals surface area contributed by atoms with Crippen LogP contribution in [0.3, 0.4) is 0 Å². The third-order valence-electron chi connectivity index (χ3n) is 5.72. The Labute approximate surface area is 204 Å². The first-order valence-electron chi connectivity index (χ1n) is 11.0. The highest BCUT2D eigenvalue weighted by atomic mass is 127. The SMILES string of the molecule is CCN(CC1CCN(C(=NC)NCc2c(C)nn(C)c2C)CC1)C(=O)OC(C)(C)C.I. The van der Waals surface area contributed by atoms with Crippen LogP contribution in [0.1, 0.15) is 57.5 Å². The Bertz CT molecular complexity index is 748. The summed E-state index contributed by atoms with van der Waals surface area (Å²) < 4.78 is 7.47. The van der Waals surface area contributed by atoms with E-state index in [9.17, 15) is 4.79 Å². The zero-order chi connectivity index (χ0) is 22.5. The van der Waals surface area contributed by atoms with E-state index >= 15 is 0 Å². The number of aliphatic imine (C=N–C) groups is 1. The monoisotopic (exact) mass is 548 g/mol. The number of guanidine groups is 1. The summed E-state index contributed by atoms with van der Waals surface area (Å²) in [7, 11) is 3.81. The number of carbonyl (C=O) groups is 1. The van der Waals surface area contributed by atoms with Crippen LogP contribution in [-0.2, 0) is 18.3 Å². The van der Waals surface area contributed by atoms with Crippen molar-refractivity contribution in [1.29, 1.82) is 0 Å². The van der Waals surface area contributed by atoms with E-state index in [0.29, 0.717) is 12.5 Å². The van der Waals surface area contributed by atoms with E-state index in [1.165, 1.54) is 11.3 Å². The third-order valence-corrected chi connectivity index (χ3v) is 5.72. The number of halogens is 1. The van der Waals surface area contributed by atoms with Crippen LogP contribution in [-0.4, -0.2) is 70.5 Å². The van der Waals surface area contributed by atoms with Gasteiger partial charge in [-0.2, -0.15) is 5.10 Å². The van der Waals surface area contributed by atoms with Gasteiger partial charge in [-0.05, 0) is 60.3 Å². The number of nitrogens with zero attached hydrogens (tertiary/aromatic N) is 5. The molecule has 0 unspecified atom stereocenters. The molecular weight excluding hydrogens is 507 g/mol. The fraction of sp³-hybridized carbons (Fsp3) is 0.773. The van der Waals surface area contributed by atoms with Crippen molar-refractivity contribution in [2.75, 3.05) is 33.2 Å². The van der Waals surface area contributed by atoms with E-state index in [1.807, 2.05) is 58.3 Å². The Kier molecular flexibility index (Phi) is 10.6. The Morgan fingerprint density at radius 2 is 1.90 bits per heavy atom. The molecule has 9 heteroatoms. The molecule has 0 atom stereocenters. The second-order valence-corrected chi connectivity index (χ2v) is 9.12. The molecule has 0 aliphatic carbocycles. The van der Waals surface area contributed by atoms with Crippen molar-refractivity contribution in [2.45, 2.75) is 66.5 Å². The van der Waals surface area contributed by atoms with Gasteiger partial charge in [0, 0.05) is 58.1 Å². The quantitative estimate of drug-likeness (QED) is 0.345. The number of piperidine rings is 1. The molecule has 178 valence electrons. The molecule has 0 aromatic carbocycles. The summed E-state index contributed by atoms with van der Waals surface area (Å²) in [5.74, 6) is 1.41. The summed E-state index contributed by atoms with van der Waals surface area (Å²) in [6, 6.07) is 0. The van der Waals surface area contributed by atoms with Crippen molar-refractivity contribution >= 4 is 36.0 Å². The van der Waals surface area contributed by atoms with Gasteiger partial charge in [-0.1, -0.05) is 0 Å². The topological polar surface area (TPSA) is 75.0 Å². The molecule has 1 N–H and O–H groups in total. The highest BCUT2D eigenvalue weighted by Gasteiger charge is 2.27. The molecule has 0 spiro atoms. The lowest BCUT2D eigenvalue weighted by Gasteiger charge is -2.36. The molecule has 1 saturated heterocycles. The van der Waals surface area contributed by atoms with E-state index < -0.39 is 5.60 Å². The molecular formula is C22H41IN6O2. The number of rotatable bonds is 5. The minimum atomic E-state index is -0.461. The Hall–Kier alpha value is -1.52. The average molecular weight is 549 g/mol. The van der Waals surface area contributed by atoms with Gasteiger partial charge in [0.2, 0.25) is 0 Å². The molecule has 31 heavy (non-hydrogen) atoms. The maximum atomic E-state index is 12.4. The molecule has 1 aromatic rings. The molecule has 1 amide bonds. The molecule has 1 aliphatic rings. The highest BCUT2D eigenvalue weighted by molar-refractivity contribution is 14.0. The van der Waals surface area contributed by atoms with Gasteiger partial charge in [0.15, 0.2) is 5.96 Å². The van der Waals surface area contributed by atoms with Crippen molar-refractivity contribution < 1.29 is 9.53 Å². The Morgan fingerprint density at radius 1 is 1.29 bits per heavy atom. The number of aryl methyl sites for hydroxylation is 2. The van der Waals surface area contributed by atoms with Crippen LogP contribution >= 0.6 is 24.0 Å². The van der Waals surface area contributed by atoms with E-state index in [-0.39, 0.29) is 30.1 Å². The molecule has 2 heterocycles. The number of nitrogens with one attached hydrogen (secondary N) is 1. The summed E-state index contributed by atoms with van der Waals surface area (Å²) in [5.41, 5.74) is 3.00. The lowest BCUT2D eigenvalue weighted by atomic mass is 9.96. The van der Waals surface area contributed by atoms with Gasteiger partial charge >= 0.3 is 6.09 Å². The van der Waals surface area contributed by atoms with Crippen LogP contribution in [0, 0.1) is 19.8 Å². The zero-order valence-corrected chi connectivity index (χ0v) is 22.8. The molecule has 0 bridgehead atoms. The molecule has 2 rings (SSSR count). The number of ether oxygens (including phenoxy) is 1. The van der Waals surface area contributed by atoms with Crippen molar-refractivity contribution in [3.8, 4) is 0 Å². The minimum Gasteiger partial charge on any atom is -0.444 e. The summed E-state index contributed by atoms with van der Waals surface area (Å²) >= 11 is 0. The minimum absolute atomic E-state index is 0. The lowest BCUT2D eigenvalue weighted by molar-refractivity contribution is 0.0214. The largest absolute Gasteiger partial charge is 0.444 e. The number of amides is 1. The maximum Gasteiger partial charge on any atom is 0.410 e. The van der Waals surface area contributed by atoms with Crippen LogP contribution in [0.25, 0.3) is 0 Å². The average Bonchev–Trinajstić information content (AvgIpc) is 2.91. The van der Waals surface area contributed by atoms with Crippen molar-refractivity contribution in [3.63, 3.8) is 0 Å².